The van der Waals surface area contributed by atoms with Crippen molar-refractivity contribution < 1.29 is 19.2 Å². The molecule has 0 bridgehead atoms. The van der Waals surface area contributed by atoms with Crippen molar-refractivity contribution >= 4 is 5.91 Å². The number of aliphatic hydroxyl groups is 1. The van der Waals surface area contributed by atoms with Gasteiger partial charge in [0.05, 0.1) is 24.9 Å². The summed E-state index contributed by atoms with van der Waals surface area (Å²) in [5.41, 5.74) is 0. The number of nitrogens with one attached hydrogen (secondary N) is 1. The van der Waals surface area contributed by atoms with Gasteiger partial charge in [0.1, 0.15) is 0 Å². The lowest BCUT2D eigenvalue weighted by molar-refractivity contribution is -0.0115. The number of amides is 1. The zero-order valence-corrected chi connectivity index (χ0v) is 14.3. The van der Waals surface area contributed by atoms with Crippen molar-refractivity contribution in [3.8, 4) is 0 Å². The fourth-order valence-corrected chi connectivity index (χ4v) is 2.89. The minimum atomic E-state index is -0.562. The molecule has 2 N–H and O–H groups in total. The first-order valence-electron chi connectivity index (χ1n) is 8.71. The van der Waals surface area contributed by atoms with Crippen molar-refractivity contribution in [1.29, 1.82) is 0 Å². The molecule has 134 valence electrons. The number of aliphatic hydroxyl groups excluding tert-OH is 1. The van der Waals surface area contributed by atoms with Crippen molar-refractivity contribution in [3.63, 3.8) is 0 Å². The number of rotatable bonds is 8. The van der Waals surface area contributed by atoms with Gasteiger partial charge in [0, 0.05) is 12.6 Å². The van der Waals surface area contributed by atoms with Crippen molar-refractivity contribution in [2.45, 2.75) is 63.8 Å². The van der Waals surface area contributed by atoms with Gasteiger partial charge in [-0.2, -0.15) is 4.98 Å². The molecule has 1 amide bonds. The molecule has 2 atom stereocenters. The first-order valence-corrected chi connectivity index (χ1v) is 8.71. The lowest BCUT2D eigenvalue weighted by Gasteiger charge is -2.24. The summed E-state index contributed by atoms with van der Waals surface area (Å²) in [5, 5.41) is 16.8. The Hall–Kier alpha value is -1.51. The van der Waals surface area contributed by atoms with E-state index in [1.165, 1.54) is 0 Å². The van der Waals surface area contributed by atoms with E-state index in [9.17, 15) is 9.90 Å². The third-order valence-electron chi connectivity index (χ3n) is 4.27. The number of carbonyl (C=O) groups is 1. The summed E-state index contributed by atoms with van der Waals surface area (Å²) < 4.78 is 10.8. The predicted octanol–water partition coefficient (Wildman–Crippen LogP) is 0.885. The highest BCUT2D eigenvalue weighted by molar-refractivity contribution is 5.90. The summed E-state index contributed by atoms with van der Waals surface area (Å²) in [7, 11) is 0. The Labute approximate surface area is 141 Å². The van der Waals surface area contributed by atoms with E-state index in [1.807, 2.05) is 13.8 Å². The molecule has 8 heteroatoms. The molecular formula is C16H26N4O4. The molecule has 1 aromatic heterocycles. The fourth-order valence-electron chi connectivity index (χ4n) is 2.89. The van der Waals surface area contributed by atoms with Crippen molar-refractivity contribution in [2.24, 2.45) is 0 Å². The van der Waals surface area contributed by atoms with E-state index >= 15 is 0 Å². The second kappa shape index (κ2) is 7.58. The lowest BCUT2D eigenvalue weighted by Crippen LogP contribution is -2.35. The molecule has 1 saturated heterocycles. The number of hydrogen-bond acceptors (Lipinski definition) is 7. The zero-order valence-electron chi connectivity index (χ0n) is 14.3. The summed E-state index contributed by atoms with van der Waals surface area (Å²) >= 11 is 0. The third kappa shape index (κ3) is 4.52. The van der Waals surface area contributed by atoms with Gasteiger partial charge in [-0.3, -0.25) is 9.69 Å². The molecule has 1 saturated carbocycles. The van der Waals surface area contributed by atoms with Gasteiger partial charge in [0.25, 0.3) is 11.7 Å². The normalized spacial score (nSPS) is 22.9. The highest BCUT2D eigenvalue weighted by atomic mass is 16.5. The van der Waals surface area contributed by atoms with Gasteiger partial charge in [0.15, 0.2) is 0 Å². The van der Waals surface area contributed by atoms with Crippen LogP contribution in [0.15, 0.2) is 4.52 Å². The Kier molecular flexibility index (Phi) is 5.47. The van der Waals surface area contributed by atoms with Crippen LogP contribution in [0.4, 0.5) is 0 Å². The Bertz CT molecular complexity index is 558. The van der Waals surface area contributed by atoms with E-state index in [2.05, 4.69) is 20.4 Å². The average molecular weight is 338 g/mol. The monoisotopic (exact) mass is 338 g/mol. The molecule has 2 aliphatic rings. The number of hydrogen-bond donors (Lipinski definition) is 2. The second-order valence-corrected chi connectivity index (χ2v) is 6.89. The van der Waals surface area contributed by atoms with Crippen LogP contribution in [-0.4, -0.2) is 64.0 Å². The molecule has 1 aliphatic heterocycles. The molecule has 8 nitrogen and oxygen atoms in total. The first-order chi connectivity index (χ1) is 11.5. The molecule has 0 radical (unpaired) electrons. The van der Waals surface area contributed by atoms with E-state index in [4.69, 9.17) is 9.26 Å². The fraction of sp³-hybridized carbons (Fsp3) is 0.812. The minimum absolute atomic E-state index is 0.0475. The molecule has 0 unspecified atom stereocenters. The summed E-state index contributed by atoms with van der Waals surface area (Å²) in [6.45, 7) is 5.54. The Morgan fingerprint density at radius 3 is 2.96 bits per heavy atom. The SMILES string of the molecule is CC(C)OC[C@H](O)CN1CCC[C@@H]1c1nc(C(=O)NC2CC2)no1. The molecule has 1 aliphatic carbocycles. The summed E-state index contributed by atoms with van der Waals surface area (Å²) in [6.07, 6.45) is 3.44. The highest BCUT2D eigenvalue weighted by Gasteiger charge is 2.33. The molecule has 24 heavy (non-hydrogen) atoms. The molecule has 2 heterocycles. The molecule has 0 aromatic carbocycles. The quantitative estimate of drug-likeness (QED) is 0.726. The molecule has 2 fully saturated rings. The van der Waals surface area contributed by atoms with E-state index in [-0.39, 0.29) is 29.9 Å². The van der Waals surface area contributed by atoms with Crippen LogP contribution in [0.2, 0.25) is 0 Å². The van der Waals surface area contributed by atoms with Gasteiger partial charge in [-0.15, -0.1) is 0 Å². The van der Waals surface area contributed by atoms with Gasteiger partial charge in [-0.25, -0.2) is 0 Å². The average Bonchev–Trinajstić information content (AvgIpc) is 3.03. The van der Waals surface area contributed by atoms with Crippen LogP contribution < -0.4 is 5.32 Å². The highest BCUT2D eigenvalue weighted by Crippen LogP contribution is 2.31. The minimum Gasteiger partial charge on any atom is -0.389 e. The maximum absolute atomic E-state index is 12.0. The molecule has 0 spiro atoms. The number of aromatic nitrogens is 2. The number of nitrogens with zero attached hydrogens (tertiary/aromatic N) is 3. The molecular weight excluding hydrogens is 312 g/mol. The zero-order chi connectivity index (χ0) is 17.1. The van der Waals surface area contributed by atoms with E-state index in [0.29, 0.717) is 19.0 Å². The summed E-state index contributed by atoms with van der Waals surface area (Å²) in [5.74, 6) is 0.264. The van der Waals surface area contributed by atoms with Crippen molar-refractivity contribution in [3.05, 3.63) is 11.7 Å². The van der Waals surface area contributed by atoms with Gasteiger partial charge in [-0.05, 0) is 46.1 Å². The van der Waals surface area contributed by atoms with E-state index in [1.54, 1.807) is 0 Å². The Balaban J connectivity index is 1.56. The van der Waals surface area contributed by atoms with Crippen LogP contribution in [0.25, 0.3) is 0 Å². The van der Waals surface area contributed by atoms with Crippen LogP contribution in [0.1, 0.15) is 62.1 Å². The second-order valence-electron chi connectivity index (χ2n) is 6.89. The summed E-state index contributed by atoms with van der Waals surface area (Å²) in [4.78, 5) is 18.3. The van der Waals surface area contributed by atoms with Crippen molar-refractivity contribution in [1.82, 2.24) is 20.4 Å². The standard InChI is InChI=1S/C16H26N4O4/c1-10(2)23-9-12(21)8-20-7-3-4-13(20)16-18-14(19-24-16)15(22)17-11-5-6-11/h10-13,21H,3-9H2,1-2H3,(H,17,22)/t12-,13-/m1/s1. The van der Waals surface area contributed by atoms with Gasteiger partial charge in [-0.1, -0.05) is 5.16 Å². The topological polar surface area (TPSA) is 101 Å². The molecule has 1 aromatic rings. The smallest absolute Gasteiger partial charge is 0.292 e. The number of carbonyl (C=O) groups excluding carboxylic acids is 1. The maximum Gasteiger partial charge on any atom is 0.292 e. The van der Waals surface area contributed by atoms with Gasteiger partial charge in [0.2, 0.25) is 5.89 Å². The van der Waals surface area contributed by atoms with Crippen molar-refractivity contribution in [2.75, 3.05) is 19.7 Å². The first kappa shape index (κ1) is 17.3. The third-order valence-corrected chi connectivity index (χ3v) is 4.27. The van der Waals surface area contributed by atoms with Crippen LogP contribution >= 0.6 is 0 Å². The van der Waals surface area contributed by atoms with Crippen LogP contribution in [0, 0.1) is 0 Å². The van der Waals surface area contributed by atoms with E-state index < -0.39 is 6.10 Å². The van der Waals surface area contributed by atoms with Gasteiger partial charge < -0.3 is 19.7 Å². The van der Waals surface area contributed by atoms with Gasteiger partial charge >= 0.3 is 0 Å². The maximum atomic E-state index is 12.0. The molecule has 3 rings (SSSR count). The van der Waals surface area contributed by atoms with Crippen LogP contribution in [-0.2, 0) is 4.74 Å². The number of likely N-dealkylation sites (tertiary alicyclic amines) is 1. The Morgan fingerprint density at radius 1 is 1.46 bits per heavy atom. The Morgan fingerprint density at radius 2 is 2.25 bits per heavy atom. The predicted molar refractivity (Wildman–Crippen MR) is 85.4 cm³/mol. The van der Waals surface area contributed by atoms with E-state index in [0.717, 1.165) is 32.2 Å². The number of ether oxygens (including phenoxy) is 1. The van der Waals surface area contributed by atoms with Crippen LogP contribution in [0.5, 0.6) is 0 Å². The lowest BCUT2D eigenvalue weighted by atomic mass is 10.2. The largest absolute Gasteiger partial charge is 0.389 e. The summed E-state index contributed by atoms with van der Waals surface area (Å²) in [6, 6.07) is 0.215. The number of β-amino-alcohol motifs (C(OH)–C–C–N with tert-alkyl or cyclic N) is 1. The van der Waals surface area contributed by atoms with Crippen LogP contribution in [0.3, 0.4) is 0 Å².